The van der Waals surface area contributed by atoms with Crippen LogP contribution in [0.25, 0.3) is 11.3 Å². The standard InChI is InChI=1S/C12H10N.C5H10O2.CH4.K/c1-10-5-7-11(8-6-10)12-4-2-3-9-13-12;1-4(6)3-5(2)7;;/h2-7,9H,1H3;4-5H,3H2,1-2H3;1H4;/q-1;-2;;+1/p+1. The van der Waals surface area contributed by atoms with Crippen molar-refractivity contribution in [2.75, 3.05) is 0 Å². The molecule has 1 heterocycles. The molecule has 2 aromatic rings. The smallest absolute Gasteiger partial charge is 0.852 e. The van der Waals surface area contributed by atoms with Crippen molar-refractivity contribution in [1.82, 2.24) is 0 Å². The van der Waals surface area contributed by atoms with Crippen LogP contribution in [0.5, 0.6) is 0 Å². The second kappa shape index (κ2) is 13.4. The van der Waals surface area contributed by atoms with Gasteiger partial charge in [-0.25, -0.2) is 0 Å². The van der Waals surface area contributed by atoms with Gasteiger partial charge in [-0.3, -0.25) is 4.98 Å². The molecular weight excluding hydrogens is 301 g/mol. The van der Waals surface area contributed by atoms with Crippen molar-refractivity contribution in [3.05, 3.63) is 54.2 Å². The third kappa shape index (κ3) is 10.6. The zero-order chi connectivity index (χ0) is 15.0. The van der Waals surface area contributed by atoms with E-state index in [4.69, 9.17) is 0 Å². The van der Waals surface area contributed by atoms with E-state index < -0.39 is 12.2 Å². The van der Waals surface area contributed by atoms with E-state index in [-0.39, 0.29) is 65.2 Å². The molecule has 0 saturated carbocycles. The maximum Gasteiger partial charge on any atom is 1.00 e. The third-order valence-corrected chi connectivity index (χ3v) is 2.63. The summed E-state index contributed by atoms with van der Waals surface area (Å²) in [6, 6.07) is 15.4. The molecule has 2 atom stereocenters. The monoisotopic (exact) mass is 326 g/mol. The molecule has 0 bridgehead atoms. The predicted molar refractivity (Wildman–Crippen MR) is 82.3 cm³/mol. The second-order valence-electron chi connectivity index (χ2n) is 4.91. The number of aromatic nitrogens is 1. The second-order valence-corrected chi connectivity index (χ2v) is 4.91. The molecule has 0 saturated heterocycles. The largest absolute Gasteiger partial charge is 1.00 e. The number of aromatic amines is 1. The predicted octanol–water partition coefficient (Wildman–Crippen LogP) is -1.21. The number of pyridine rings is 1. The molecule has 2 rings (SSSR count). The SMILES string of the molecule is C.CC([O-])CC(C)[O-].Cc1c[c-]c(-c2cccc[nH+]2)cc1.[K+]. The van der Waals surface area contributed by atoms with Crippen molar-refractivity contribution in [3.63, 3.8) is 0 Å². The van der Waals surface area contributed by atoms with Gasteiger partial charge in [0, 0.05) is 6.07 Å². The summed E-state index contributed by atoms with van der Waals surface area (Å²) in [5, 5.41) is 20.3. The van der Waals surface area contributed by atoms with Gasteiger partial charge in [-0.15, -0.1) is 42.0 Å². The van der Waals surface area contributed by atoms with Crippen LogP contribution in [-0.4, -0.2) is 12.2 Å². The molecular formula is C18H25KNO2-. The Morgan fingerprint density at radius 1 is 1.09 bits per heavy atom. The average Bonchev–Trinajstić information content (AvgIpc) is 2.40. The summed E-state index contributed by atoms with van der Waals surface area (Å²) in [6.07, 6.45) is 0.795. The molecule has 0 aliphatic rings. The van der Waals surface area contributed by atoms with Gasteiger partial charge < -0.3 is 10.2 Å². The quantitative estimate of drug-likeness (QED) is 0.525. The Labute approximate surface area is 177 Å². The van der Waals surface area contributed by atoms with E-state index in [2.05, 4.69) is 30.1 Å². The Balaban J connectivity index is 0. The van der Waals surface area contributed by atoms with Gasteiger partial charge in [-0.2, -0.15) is 0 Å². The van der Waals surface area contributed by atoms with Crippen LogP contribution in [0.4, 0.5) is 0 Å². The molecule has 0 fully saturated rings. The van der Waals surface area contributed by atoms with Gasteiger partial charge in [0.1, 0.15) is 5.69 Å². The topological polar surface area (TPSA) is 60.3 Å². The fraction of sp³-hybridized carbons (Fsp3) is 0.389. The van der Waals surface area contributed by atoms with Crippen molar-refractivity contribution in [1.29, 1.82) is 0 Å². The van der Waals surface area contributed by atoms with E-state index >= 15 is 0 Å². The van der Waals surface area contributed by atoms with E-state index in [0.717, 1.165) is 11.3 Å². The summed E-state index contributed by atoms with van der Waals surface area (Å²) in [5.74, 6) is 0. The zero-order valence-corrected chi connectivity index (χ0v) is 16.3. The molecule has 1 aromatic heterocycles. The number of aryl methyl sites for hydroxylation is 1. The molecule has 1 aromatic carbocycles. The minimum Gasteiger partial charge on any atom is -0.852 e. The molecule has 0 amide bonds. The summed E-state index contributed by atoms with van der Waals surface area (Å²) in [7, 11) is 0. The Kier molecular flexibility index (Phi) is 14.7. The Morgan fingerprint density at radius 2 is 1.73 bits per heavy atom. The molecule has 0 radical (unpaired) electrons. The molecule has 2 unspecified atom stereocenters. The number of benzene rings is 1. The van der Waals surface area contributed by atoms with Crippen LogP contribution in [0.3, 0.4) is 0 Å². The molecule has 116 valence electrons. The van der Waals surface area contributed by atoms with Gasteiger partial charge in [-0.05, 0) is 6.07 Å². The first-order valence-corrected chi connectivity index (χ1v) is 6.76. The average molecular weight is 327 g/mol. The summed E-state index contributed by atoms with van der Waals surface area (Å²) in [4.78, 5) is 3.17. The first-order valence-electron chi connectivity index (χ1n) is 6.76. The van der Waals surface area contributed by atoms with Crippen molar-refractivity contribution < 1.29 is 66.6 Å². The van der Waals surface area contributed by atoms with Crippen LogP contribution in [0, 0.1) is 13.0 Å². The number of H-pyrrole nitrogens is 1. The maximum absolute atomic E-state index is 10.1. The summed E-state index contributed by atoms with van der Waals surface area (Å²) < 4.78 is 0. The van der Waals surface area contributed by atoms with Crippen LogP contribution in [0.2, 0.25) is 0 Å². The molecule has 0 aliphatic carbocycles. The molecule has 3 nitrogen and oxygen atoms in total. The van der Waals surface area contributed by atoms with Crippen LogP contribution >= 0.6 is 0 Å². The van der Waals surface area contributed by atoms with Gasteiger partial charge in [0.15, 0.2) is 6.20 Å². The molecule has 0 aliphatic heterocycles. The normalized spacial score (nSPS) is 11.9. The van der Waals surface area contributed by atoms with Gasteiger partial charge in [-0.1, -0.05) is 46.2 Å². The van der Waals surface area contributed by atoms with Crippen molar-refractivity contribution in [2.45, 2.75) is 46.8 Å². The van der Waals surface area contributed by atoms with Gasteiger partial charge in [0.25, 0.3) is 0 Å². The minimum atomic E-state index is -0.688. The van der Waals surface area contributed by atoms with Gasteiger partial charge in [0.2, 0.25) is 0 Å². The summed E-state index contributed by atoms with van der Waals surface area (Å²) >= 11 is 0. The van der Waals surface area contributed by atoms with Gasteiger partial charge >= 0.3 is 51.4 Å². The molecule has 22 heavy (non-hydrogen) atoms. The van der Waals surface area contributed by atoms with Crippen LogP contribution < -0.4 is 66.6 Å². The third-order valence-electron chi connectivity index (χ3n) is 2.63. The maximum atomic E-state index is 10.1. The van der Waals surface area contributed by atoms with Crippen LogP contribution in [0.15, 0.2) is 42.6 Å². The van der Waals surface area contributed by atoms with E-state index in [9.17, 15) is 10.2 Å². The van der Waals surface area contributed by atoms with Crippen LogP contribution in [-0.2, 0) is 0 Å². The Hall–Kier alpha value is -0.0736. The van der Waals surface area contributed by atoms with Gasteiger partial charge in [0.05, 0.1) is 0 Å². The first kappa shape index (κ1) is 24.2. The minimum absolute atomic E-state index is 0. The van der Waals surface area contributed by atoms with Crippen molar-refractivity contribution in [3.8, 4) is 11.3 Å². The molecule has 4 heteroatoms. The van der Waals surface area contributed by atoms with E-state index in [0.29, 0.717) is 0 Å². The van der Waals surface area contributed by atoms with E-state index in [1.165, 1.54) is 19.4 Å². The summed E-state index contributed by atoms with van der Waals surface area (Å²) in [6.45, 7) is 5.08. The van der Waals surface area contributed by atoms with E-state index in [1.807, 2.05) is 30.5 Å². The van der Waals surface area contributed by atoms with Crippen LogP contribution in [0.1, 0.15) is 33.3 Å². The Morgan fingerprint density at radius 3 is 2.09 bits per heavy atom. The fourth-order valence-electron chi connectivity index (χ4n) is 1.70. The van der Waals surface area contributed by atoms with Crippen molar-refractivity contribution in [2.24, 2.45) is 0 Å². The molecule has 1 N–H and O–H groups in total. The number of nitrogens with one attached hydrogen (secondary N) is 1. The van der Waals surface area contributed by atoms with Crippen molar-refractivity contribution >= 4 is 0 Å². The fourth-order valence-corrected chi connectivity index (χ4v) is 1.70. The first-order chi connectivity index (χ1) is 9.49. The summed E-state index contributed by atoms with van der Waals surface area (Å²) in [5.41, 5.74) is 3.44. The zero-order valence-electron chi connectivity index (χ0n) is 13.2. The molecule has 0 spiro atoms. The number of hydrogen-bond acceptors (Lipinski definition) is 2. The number of hydrogen-bond donors (Lipinski definition) is 0. The Bertz CT molecular complexity index is 478. The number of rotatable bonds is 3. The van der Waals surface area contributed by atoms with E-state index in [1.54, 1.807) is 0 Å².